The highest BCUT2D eigenvalue weighted by molar-refractivity contribution is 5.89. The molecule has 0 saturated carbocycles. The van der Waals surface area contributed by atoms with Gasteiger partial charge in [0.05, 0.1) is 6.04 Å². The maximum Gasteiger partial charge on any atom is 0.338 e. The molecule has 3 heterocycles. The first-order valence-corrected chi connectivity index (χ1v) is 8.53. The van der Waals surface area contributed by atoms with E-state index in [0.717, 1.165) is 25.1 Å². The van der Waals surface area contributed by atoms with E-state index < -0.39 is 17.5 Å². The van der Waals surface area contributed by atoms with Gasteiger partial charge in [-0.25, -0.2) is 9.59 Å². The molecule has 0 radical (unpaired) electrons. The Morgan fingerprint density at radius 2 is 2.17 bits per heavy atom. The molecular weight excluding hydrogens is 310 g/mol. The van der Waals surface area contributed by atoms with E-state index in [4.69, 9.17) is 9.47 Å². The summed E-state index contributed by atoms with van der Waals surface area (Å²) in [6.45, 7) is 6.71. The summed E-state index contributed by atoms with van der Waals surface area (Å²) in [6.07, 6.45) is 4.56. The van der Waals surface area contributed by atoms with Crippen molar-refractivity contribution in [1.29, 1.82) is 0 Å². The zero-order chi connectivity index (χ0) is 17.5. The maximum atomic E-state index is 12.5. The minimum atomic E-state index is -1.65. The van der Waals surface area contributed by atoms with Crippen LogP contribution >= 0.6 is 0 Å². The highest BCUT2D eigenvalue weighted by Gasteiger charge is 2.45. The van der Waals surface area contributed by atoms with Crippen molar-refractivity contribution in [2.24, 2.45) is 5.92 Å². The first kappa shape index (κ1) is 17.2. The summed E-state index contributed by atoms with van der Waals surface area (Å²) in [4.78, 5) is 27.1. The SMILES string of the molecule is C/C=C1\C[C@H](C)[C@@](C)(O)C(=O)OCC2=CCN3CC[C@H](OC1=O)[C@H]23. The first-order chi connectivity index (χ1) is 11.3. The van der Waals surface area contributed by atoms with Crippen molar-refractivity contribution < 1.29 is 24.2 Å². The summed E-state index contributed by atoms with van der Waals surface area (Å²) in [5, 5.41) is 10.6. The van der Waals surface area contributed by atoms with Crippen LogP contribution in [0.4, 0.5) is 0 Å². The normalized spacial score (nSPS) is 39.6. The summed E-state index contributed by atoms with van der Waals surface area (Å²) in [5.74, 6) is -1.46. The second-order valence-electron chi connectivity index (χ2n) is 7.09. The lowest BCUT2D eigenvalue weighted by molar-refractivity contribution is -0.169. The minimum absolute atomic E-state index is 0.0262. The van der Waals surface area contributed by atoms with Crippen LogP contribution in [-0.4, -0.2) is 59.4 Å². The van der Waals surface area contributed by atoms with E-state index in [0.29, 0.717) is 5.57 Å². The molecule has 3 aliphatic rings. The van der Waals surface area contributed by atoms with Crippen LogP contribution in [0.5, 0.6) is 0 Å². The van der Waals surface area contributed by atoms with Gasteiger partial charge in [0.15, 0.2) is 5.60 Å². The van der Waals surface area contributed by atoms with Gasteiger partial charge in [0.2, 0.25) is 0 Å². The molecule has 3 rings (SSSR count). The number of ether oxygens (including phenoxy) is 2. The molecule has 3 aliphatic heterocycles. The molecule has 24 heavy (non-hydrogen) atoms. The number of hydrogen-bond acceptors (Lipinski definition) is 6. The fourth-order valence-electron chi connectivity index (χ4n) is 3.68. The van der Waals surface area contributed by atoms with E-state index in [1.54, 1.807) is 19.9 Å². The number of hydrogen-bond donors (Lipinski definition) is 1. The van der Waals surface area contributed by atoms with Gasteiger partial charge in [-0.2, -0.15) is 0 Å². The molecule has 4 atom stereocenters. The number of cyclic esters (lactones) is 1. The summed E-state index contributed by atoms with van der Waals surface area (Å²) in [6, 6.07) is -0.0262. The average Bonchev–Trinajstić information content (AvgIpc) is 3.12. The summed E-state index contributed by atoms with van der Waals surface area (Å²) >= 11 is 0. The van der Waals surface area contributed by atoms with Crippen LogP contribution < -0.4 is 0 Å². The van der Waals surface area contributed by atoms with E-state index in [2.05, 4.69) is 4.90 Å². The highest BCUT2D eigenvalue weighted by Crippen LogP contribution is 2.34. The maximum absolute atomic E-state index is 12.5. The van der Waals surface area contributed by atoms with Crippen molar-refractivity contribution in [1.82, 2.24) is 4.90 Å². The van der Waals surface area contributed by atoms with Crippen LogP contribution in [0, 0.1) is 5.92 Å². The zero-order valence-corrected chi connectivity index (χ0v) is 14.4. The van der Waals surface area contributed by atoms with E-state index >= 15 is 0 Å². The van der Waals surface area contributed by atoms with Gasteiger partial charge in [-0.05, 0) is 38.2 Å². The van der Waals surface area contributed by atoms with Gasteiger partial charge in [0.1, 0.15) is 12.7 Å². The van der Waals surface area contributed by atoms with Gasteiger partial charge >= 0.3 is 11.9 Å². The van der Waals surface area contributed by atoms with E-state index in [1.807, 2.05) is 6.08 Å². The topological polar surface area (TPSA) is 76.1 Å². The van der Waals surface area contributed by atoms with Gasteiger partial charge in [-0.1, -0.05) is 19.1 Å². The summed E-state index contributed by atoms with van der Waals surface area (Å²) in [5.41, 5.74) is -0.218. The third kappa shape index (κ3) is 2.89. The molecule has 0 unspecified atom stereocenters. The van der Waals surface area contributed by atoms with Crippen molar-refractivity contribution in [2.75, 3.05) is 19.7 Å². The molecule has 6 nitrogen and oxygen atoms in total. The van der Waals surface area contributed by atoms with E-state index in [-0.39, 0.29) is 31.1 Å². The predicted molar refractivity (Wildman–Crippen MR) is 87.1 cm³/mol. The Kier molecular flexibility index (Phi) is 4.53. The average molecular weight is 335 g/mol. The number of esters is 2. The Hall–Kier alpha value is -1.66. The highest BCUT2D eigenvalue weighted by atomic mass is 16.6. The second-order valence-corrected chi connectivity index (χ2v) is 7.09. The monoisotopic (exact) mass is 335 g/mol. The molecule has 132 valence electrons. The van der Waals surface area contributed by atoms with Crippen molar-refractivity contribution in [3.63, 3.8) is 0 Å². The molecule has 6 heteroatoms. The van der Waals surface area contributed by atoms with E-state index in [9.17, 15) is 14.7 Å². The molecule has 0 aliphatic carbocycles. The van der Waals surface area contributed by atoms with Crippen LogP contribution in [0.15, 0.2) is 23.3 Å². The Labute approximate surface area is 142 Å². The van der Waals surface area contributed by atoms with Gasteiger partial charge in [0.25, 0.3) is 0 Å². The molecule has 0 amide bonds. The smallest absolute Gasteiger partial charge is 0.338 e. The first-order valence-electron chi connectivity index (χ1n) is 8.53. The number of carbonyl (C=O) groups excluding carboxylic acids is 2. The van der Waals surface area contributed by atoms with Crippen LogP contribution in [0.2, 0.25) is 0 Å². The molecule has 1 N–H and O–H groups in total. The lowest BCUT2D eigenvalue weighted by Crippen LogP contribution is -2.45. The van der Waals surface area contributed by atoms with Gasteiger partial charge in [-0.3, -0.25) is 4.90 Å². The second kappa shape index (κ2) is 6.33. The van der Waals surface area contributed by atoms with Crippen molar-refractivity contribution in [2.45, 2.75) is 51.4 Å². The fraction of sp³-hybridized carbons (Fsp3) is 0.667. The Balaban J connectivity index is 1.91. The standard InChI is InChI=1S/C18H25NO5/c1-4-12-9-11(2)18(3,22)17(21)23-10-13-5-7-19-8-6-14(15(13)19)24-16(12)20/h4-5,11,14-15,22H,6-10H2,1-3H3/b12-4+/t11-,14-,15-,18+/m0/s1. The minimum Gasteiger partial charge on any atom is -0.459 e. The number of carbonyl (C=O) groups is 2. The molecular formula is C18H25NO5. The zero-order valence-electron chi connectivity index (χ0n) is 14.4. The molecule has 2 fully saturated rings. The lowest BCUT2D eigenvalue weighted by atomic mass is 9.85. The Bertz CT molecular complexity index is 607. The van der Waals surface area contributed by atoms with Crippen molar-refractivity contribution >= 4 is 11.9 Å². The lowest BCUT2D eigenvalue weighted by Gasteiger charge is -2.31. The number of rotatable bonds is 0. The van der Waals surface area contributed by atoms with Gasteiger partial charge in [0, 0.05) is 18.7 Å². The summed E-state index contributed by atoms with van der Waals surface area (Å²) in [7, 11) is 0. The van der Waals surface area contributed by atoms with Gasteiger partial charge in [-0.15, -0.1) is 0 Å². The number of nitrogens with zero attached hydrogens (tertiary/aromatic N) is 1. The Morgan fingerprint density at radius 3 is 2.88 bits per heavy atom. The molecule has 0 aromatic rings. The molecule has 0 bridgehead atoms. The largest absolute Gasteiger partial charge is 0.459 e. The van der Waals surface area contributed by atoms with Crippen LogP contribution in [0.1, 0.15) is 33.6 Å². The summed E-state index contributed by atoms with van der Waals surface area (Å²) < 4.78 is 11.2. The quantitative estimate of drug-likeness (QED) is 0.407. The predicted octanol–water partition coefficient (Wildman–Crippen LogP) is 1.19. The van der Waals surface area contributed by atoms with Gasteiger partial charge < -0.3 is 14.6 Å². The third-order valence-electron chi connectivity index (χ3n) is 5.55. The molecule has 2 saturated heterocycles. The van der Waals surface area contributed by atoms with Crippen LogP contribution in [0.25, 0.3) is 0 Å². The van der Waals surface area contributed by atoms with Crippen LogP contribution in [0.3, 0.4) is 0 Å². The van der Waals surface area contributed by atoms with Crippen molar-refractivity contribution in [3.8, 4) is 0 Å². The van der Waals surface area contributed by atoms with E-state index in [1.165, 1.54) is 6.92 Å². The Morgan fingerprint density at radius 1 is 1.42 bits per heavy atom. The number of allylic oxidation sites excluding steroid dienone is 1. The molecule has 0 aromatic carbocycles. The molecule has 0 aromatic heterocycles. The van der Waals surface area contributed by atoms with Crippen LogP contribution in [-0.2, 0) is 19.1 Å². The fourth-order valence-corrected chi connectivity index (χ4v) is 3.68. The third-order valence-corrected chi connectivity index (χ3v) is 5.55. The van der Waals surface area contributed by atoms with Crippen molar-refractivity contribution in [3.05, 3.63) is 23.3 Å². The number of aliphatic hydroxyl groups is 1. The molecule has 0 spiro atoms.